The van der Waals surface area contributed by atoms with Crippen LogP contribution in [0.5, 0.6) is 0 Å². The molecule has 0 saturated carbocycles. The molecule has 0 aromatic rings. The topological polar surface area (TPSA) is 185 Å². The maximum absolute atomic E-state index is 12.0. The number of carbonyl (C=O) groups is 5. The van der Waals surface area contributed by atoms with Gasteiger partial charge in [0.25, 0.3) is 0 Å². The van der Waals surface area contributed by atoms with E-state index in [1.165, 1.54) is 6.92 Å². The fraction of sp³-hybridized carbons (Fsp3) is 0.722. The zero-order valence-electron chi connectivity index (χ0n) is 17.4. The van der Waals surface area contributed by atoms with Crippen LogP contribution in [0.1, 0.15) is 40.0 Å². The van der Waals surface area contributed by atoms with Gasteiger partial charge in [-0.25, -0.2) is 0 Å². The SMILES string of the molecule is CC(=O)OCC(C)(C)[C@@H](O)C(=O)NCCC(=O)NCCSC(=O)CC[C@H](N)C(=O)O. The maximum Gasteiger partial charge on any atom is 0.320 e. The van der Waals surface area contributed by atoms with Crippen LogP contribution in [0.15, 0.2) is 0 Å². The number of thioether (sulfide) groups is 1. The van der Waals surface area contributed by atoms with Crippen molar-refractivity contribution in [2.45, 2.75) is 52.2 Å². The molecule has 0 unspecified atom stereocenters. The number of carboxylic acids is 1. The van der Waals surface area contributed by atoms with Gasteiger partial charge in [-0.05, 0) is 6.42 Å². The molecular weight excluding hydrogens is 418 g/mol. The molecule has 0 aliphatic rings. The predicted molar refractivity (Wildman–Crippen MR) is 109 cm³/mol. The Morgan fingerprint density at radius 2 is 1.73 bits per heavy atom. The fourth-order valence-electron chi connectivity index (χ4n) is 2.03. The van der Waals surface area contributed by atoms with Gasteiger partial charge in [-0.15, -0.1) is 0 Å². The number of nitrogens with one attached hydrogen (secondary N) is 2. The Morgan fingerprint density at radius 3 is 2.30 bits per heavy atom. The van der Waals surface area contributed by atoms with Gasteiger partial charge in [0.05, 0.1) is 6.61 Å². The molecule has 0 aromatic heterocycles. The van der Waals surface area contributed by atoms with E-state index in [2.05, 4.69) is 10.6 Å². The summed E-state index contributed by atoms with van der Waals surface area (Å²) in [7, 11) is 0. The Bertz CT molecular complexity index is 627. The summed E-state index contributed by atoms with van der Waals surface area (Å²) in [6, 6.07) is -1.07. The summed E-state index contributed by atoms with van der Waals surface area (Å²) in [5, 5.41) is 23.5. The third-order valence-corrected chi connectivity index (χ3v) is 4.89. The molecule has 172 valence electrons. The van der Waals surface area contributed by atoms with Crippen LogP contribution >= 0.6 is 11.8 Å². The first kappa shape index (κ1) is 27.8. The van der Waals surface area contributed by atoms with Crippen LogP contribution < -0.4 is 16.4 Å². The van der Waals surface area contributed by atoms with E-state index in [9.17, 15) is 29.1 Å². The van der Waals surface area contributed by atoms with Gasteiger partial charge >= 0.3 is 11.9 Å². The van der Waals surface area contributed by atoms with E-state index in [0.29, 0.717) is 5.75 Å². The lowest BCUT2D eigenvalue weighted by molar-refractivity contribution is -0.151. The number of aliphatic carboxylic acids is 1. The molecule has 0 aliphatic heterocycles. The molecule has 0 radical (unpaired) electrons. The second-order valence-corrected chi connectivity index (χ2v) is 8.42. The highest BCUT2D eigenvalue weighted by atomic mass is 32.2. The number of carbonyl (C=O) groups excluding carboxylic acids is 4. The zero-order chi connectivity index (χ0) is 23.3. The largest absolute Gasteiger partial charge is 0.480 e. The number of amides is 2. The normalized spacial score (nSPS) is 13.1. The van der Waals surface area contributed by atoms with Crippen LogP contribution in [0.3, 0.4) is 0 Å². The number of ether oxygens (including phenoxy) is 1. The fourth-order valence-corrected chi connectivity index (χ4v) is 2.72. The van der Waals surface area contributed by atoms with Gasteiger partial charge in [0.15, 0.2) is 5.12 Å². The monoisotopic (exact) mass is 449 g/mol. The van der Waals surface area contributed by atoms with Crippen LogP contribution in [0.2, 0.25) is 0 Å². The molecule has 0 saturated heterocycles. The number of nitrogens with two attached hydrogens (primary N) is 1. The molecule has 11 nitrogen and oxygen atoms in total. The minimum atomic E-state index is -1.42. The van der Waals surface area contributed by atoms with Gasteiger partial charge in [0, 0.05) is 44.0 Å². The highest BCUT2D eigenvalue weighted by molar-refractivity contribution is 8.13. The molecule has 0 bridgehead atoms. The van der Waals surface area contributed by atoms with Crippen LogP contribution in [-0.4, -0.2) is 76.7 Å². The summed E-state index contributed by atoms with van der Waals surface area (Å²) in [5.74, 6) is -2.38. The van der Waals surface area contributed by atoms with Gasteiger partial charge in [0.1, 0.15) is 12.1 Å². The van der Waals surface area contributed by atoms with Crippen molar-refractivity contribution in [1.82, 2.24) is 10.6 Å². The number of hydrogen-bond acceptors (Lipinski definition) is 9. The van der Waals surface area contributed by atoms with E-state index in [1.54, 1.807) is 13.8 Å². The molecule has 6 N–H and O–H groups in total. The summed E-state index contributed by atoms with van der Waals surface area (Å²) < 4.78 is 4.83. The Balaban J connectivity index is 3.99. The molecule has 0 spiro atoms. The Kier molecular flexibility index (Phi) is 12.9. The lowest BCUT2D eigenvalue weighted by atomic mass is 9.87. The van der Waals surface area contributed by atoms with Gasteiger partial charge in [-0.1, -0.05) is 25.6 Å². The van der Waals surface area contributed by atoms with Crippen molar-refractivity contribution in [3.05, 3.63) is 0 Å². The summed E-state index contributed by atoms with van der Waals surface area (Å²) in [4.78, 5) is 56.8. The molecule has 0 aliphatic carbocycles. The second kappa shape index (κ2) is 13.9. The van der Waals surface area contributed by atoms with E-state index < -0.39 is 35.4 Å². The summed E-state index contributed by atoms with van der Waals surface area (Å²) in [6.45, 7) is 4.47. The van der Waals surface area contributed by atoms with Crippen molar-refractivity contribution < 1.29 is 38.9 Å². The third-order valence-electron chi connectivity index (χ3n) is 3.95. The minimum absolute atomic E-state index is 0.00449. The van der Waals surface area contributed by atoms with Crippen LogP contribution in [0.4, 0.5) is 0 Å². The second-order valence-electron chi connectivity index (χ2n) is 7.27. The number of rotatable bonds is 14. The lowest BCUT2D eigenvalue weighted by Gasteiger charge is -2.28. The van der Waals surface area contributed by atoms with Gasteiger partial charge in [-0.2, -0.15) is 0 Å². The van der Waals surface area contributed by atoms with Gasteiger partial charge < -0.3 is 31.3 Å². The van der Waals surface area contributed by atoms with Gasteiger partial charge in [-0.3, -0.25) is 24.0 Å². The van der Waals surface area contributed by atoms with Crippen molar-refractivity contribution in [1.29, 1.82) is 0 Å². The molecule has 0 heterocycles. The first-order chi connectivity index (χ1) is 13.9. The third kappa shape index (κ3) is 12.4. The van der Waals surface area contributed by atoms with Crippen molar-refractivity contribution >= 4 is 40.6 Å². The standard InChI is InChI=1S/C18H31N3O8S/c1-11(22)29-10-18(2,3)15(25)16(26)21-7-6-13(23)20-8-9-30-14(24)5-4-12(19)17(27)28/h12,15,25H,4-10,19H2,1-3H3,(H,20,23)(H,21,26)(H,27,28)/t12-,15-/m0/s1. The first-order valence-electron chi connectivity index (χ1n) is 9.36. The maximum atomic E-state index is 12.0. The average molecular weight is 450 g/mol. The first-order valence-corrected chi connectivity index (χ1v) is 10.3. The van der Waals surface area contributed by atoms with Gasteiger partial charge in [0.2, 0.25) is 11.8 Å². The van der Waals surface area contributed by atoms with E-state index in [1.807, 2.05) is 0 Å². The van der Waals surface area contributed by atoms with E-state index >= 15 is 0 Å². The predicted octanol–water partition coefficient (Wildman–Crippen LogP) is -0.989. The smallest absolute Gasteiger partial charge is 0.320 e. The van der Waals surface area contributed by atoms with Crippen molar-refractivity contribution in [2.24, 2.45) is 11.1 Å². The number of aliphatic hydroxyl groups is 1. The van der Waals surface area contributed by atoms with Crippen molar-refractivity contribution in [3.63, 3.8) is 0 Å². The van der Waals surface area contributed by atoms with E-state index in [4.69, 9.17) is 15.6 Å². The summed E-state index contributed by atoms with van der Waals surface area (Å²) in [6.07, 6.45) is -1.35. The zero-order valence-corrected chi connectivity index (χ0v) is 18.3. The summed E-state index contributed by atoms with van der Waals surface area (Å²) in [5.41, 5.74) is 4.32. The highest BCUT2D eigenvalue weighted by Gasteiger charge is 2.34. The van der Waals surface area contributed by atoms with Crippen LogP contribution in [0, 0.1) is 5.41 Å². The molecule has 0 rings (SSSR count). The van der Waals surface area contributed by atoms with Crippen LogP contribution in [0.25, 0.3) is 0 Å². The Hall–Kier alpha value is -2.18. The van der Waals surface area contributed by atoms with Crippen molar-refractivity contribution in [3.8, 4) is 0 Å². The Labute approximate surface area is 179 Å². The number of aliphatic hydroxyl groups excluding tert-OH is 1. The number of esters is 1. The molecule has 2 atom stereocenters. The minimum Gasteiger partial charge on any atom is -0.480 e. The Morgan fingerprint density at radius 1 is 1.10 bits per heavy atom. The molecule has 2 amide bonds. The van der Waals surface area contributed by atoms with Crippen LogP contribution in [-0.2, 0) is 28.7 Å². The molecule has 0 aromatic carbocycles. The average Bonchev–Trinajstić information content (AvgIpc) is 2.66. The summed E-state index contributed by atoms with van der Waals surface area (Å²) >= 11 is 0.973. The highest BCUT2D eigenvalue weighted by Crippen LogP contribution is 2.21. The molecule has 0 fully saturated rings. The molecular formula is C18H31N3O8S. The number of carboxylic acid groups (broad SMARTS) is 1. The quantitative estimate of drug-likeness (QED) is 0.163. The van der Waals surface area contributed by atoms with E-state index in [0.717, 1.165) is 11.8 Å². The lowest BCUT2D eigenvalue weighted by Crippen LogP contribution is -2.46. The number of hydrogen-bond donors (Lipinski definition) is 5. The molecule has 12 heteroatoms. The molecule has 30 heavy (non-hydrogen) atoms. The van der Waals surface area contributed by atoms with E-state index in [-0.39, 0.29) is 50.0 Å². The van der Waals surface area contributed by atoms with Crippen molar-refractivity contribution in [2.75, 3.05) is 25.4 Å².